The first kappa shape index (κ1) is 21.2. The van der Waals surface area contributed by atoms with E-state index in [-0.39, 0.29) is 13.1 Å². The van der Waals surface area contributed by atoms with Gasteiger partial charge in [-0.1, -0.05) is 12.8 Å². The highest BCUT2D eigenvalue weighted by molar-refractivity contribution is 4.88. The Morgan fingerprint density at radius 1 is 0.750 bits per heavy atom. The van der Waals surface area contributed by atoms with E-state index in [2.05, 4.69) is 9.80 Å². The van der Waals surface area contributed by atoms with Gasteiger partial charge in [-0.15, -0.1) is 0 Å². The maximum absolute atomic E-state index is 12.7. The molecular weight excluding hydrogens is 360 g/mol. The Labute approximate surface area is 166 Å². The van der Waals surface area contributed by atoms with Crippen molar-refractivity contribution in [2.45, 2.75) is 63.8 Å². The van der Waals surface area contributed by atoms with Gasteiger partial charge >= 0.3 is 5.69 Å². The van der Waals surface area contributed by atoms with E-state index in [0.29, 0.717) is 13.1 Å². The van der Waals surface area contributed by atoms with E-state index in [1.807, 2.05) is 0 Å². The summed E-state index contributed by atoms with van der Waals surface area (Å²) in [6.45, 7) is 5.00. The highest BCUT2D eigenvalue weighted by atomic mass is 16.3. The summed E-state index contributed by atoms with van der Waals surface area (Å²) in [5, 5.41) is 20.8. The van der Waals surface area contributed by atoms with Crippen LogP contribution in [0.3, 0.4) is 0 Å². The van der Waals surface area contributed by atoms with E-state index in [9.17, 15) is 19.8 Å². The molecule has 2 aliphatic heterocycles. The number of hydrogen-bond donors (Lipinski definition) is 2. The minimum absolute atomic E-state index is 0.0166. The summed E-state index contributed by atoms with van der Waals surface area (Å²) in [4.78, 5) is 29.3. The number of nitrogens with zero attached hydrogens (tertiary/aromatic N) is 4. The van der Waals surface area contributed by atoms with Gasteiger partial charge in [-0.3, -0.25) is 13.9 Å². The second-order valence-corrected chi connectivity index (χ2v) is 8.23. The molecule has 0 saturated carbocycles. The predicted octanol–water partition coefficient (Wildman–Crippen LogP) is -0.296. The van der Waals surface area contributed by atoms with Gasteiger partial charge in [-0.25, -0.2) is 4.79 Å². The van der Waals surface area contributed by atoms with Crippen molar-refractivity contribution in [2.24, 2.45) is 0 Å². The largest absolute Gasteiger partial charge is 0.390 e. The molecule has 28 heavy (non-hydrogen) atoms. The molecule has 2 saturated heterocycles. The van der Waals surface area contributed by atoms with Crippen LogP contribution in [0.5, 0.6) is 0 Å². The van der Waals surface area contributed by atoms with Gasteiger partial charge in [0.2, 0.25) is 0 Å². The molecule has 1 aromatic heterocycles. The highest BCUT2D eigenvalue weighted by Gasteiger charge is 2.19. The predicted molar refractivity (Wildman–Crippen MR) is 108 cm³/mol. The Hall–Kier alpha value is -1.48. The molecule has 0 aromatic carbocycles. The Kier molecular flexibility index (Phi) is 7.84. The van der Waals surface area contributed by atoms with Crippen LogP contribution in [0.1, 0.15) is 38.5 Å². The first-order chi connectivity index (χ1) is 13.5. The van der Waals surface area contributed by atoms with Crippen molar-refractivity contribution < 1.29 is 10.2 Å². The van der Waals surface area contributed by atoms with Crippen LogP contribution in [0.2, 0.25) is 0 Å². The SMILES string of the molecule is O=c1ccn(CC(O)CN2CCCCC2)c(=O)n1CC(O)CN1CCCCC1. The van der Waals surface area contributed by atoms with Gasteiger partial charge in [-0.2, -0.15) is 0 Å². The van der Waals surface area contributed by atoms with E-state index >= 15 is 0 Å². The van der Waals surface area contributed by atoms with Gasteiger partial charge in [0.25, 0.3) is 5.56 Å². The molecule has 2 aliphatic rings. The zero-order chi connectivity index (χ0) is 19.9. The lowest BCUT2D eigenvalue weighted by Gasteiger charge is -2.29. The van der Waals surface area contributed by atoms with Crippen molar-refractivity contribution in [1.82, 2.24) is 18.9 Å². The molecule has 0 amide bonds. The first-order valence-electron chi connectivity index (χ1n) is 10.6. The minimum atomic E-state index is -0.766. The van der Waals surface area contributed by atoms with Crippen molar-refractivity contribution in [3.63, 3.8) is 0 Å². The number of aromatic nitrogens is 2. The van der Waals surface area contributed by atoms with Gasteiger partial charge in [0.1, 0.15) is 0 Å². The fraction of sp³-hybridized carbons (Fsp3) is 0.800. The Morgan fingerprint density at radius 3 is 1.79 bits per heavy atom. The molecule has 2 atom stereocenters. The third kappa shape index (κ3) is 6.01. The Balaban J connectivity index is 1.60. The third-order valence-electron chi connectivity index (χ3n) is 5.78. The summed E-state index contributed by atoms with van der Waals surface area (Å²) >= 11 is 0. The van der Waals surface area contributed by atoms with E-state index in [0.717, 1.165) is 56.4 Å². The molecule has 1 aromatic rings. The molecular formula is C20H34N4O4. The zero-order valence-electron chi connectivity index (χ0n) is 16.7. The van der Waals surface area contributed by atoms with Crippen LogP contribution in [-0.4, -0.2) is 80.6 Å². The van der Waals surface area contributed by atoms with E-state index in [1.54, 1.807) is 0 Å². The van der Waals surface area contributed by atoms with Crippen LogP contribution in [0.15, 0.2) is 21.9 Å². The second kappa shape index (κ2) is 10.3. The van der Waals surface area contributed by atoms with Crippen LogP contribution in [-0.2, 0) is 13.1 Å². The first-order valence-corrected chi connectivity index (χ1v) is 10.6. The second-order valence-electron chi connectivity index (χ2n) is 8.23. The lowest BCUT2D eigenvalue weighted by Crippen LogP contribution is -2.46. The van der Waals surface area contributed by atoms with Gasteiger partial charge < -0.3 is 20.0 Å². The lowest BCUT2D eigenvalue weighted by atomic mass is 10.1. The van der Waals surface area contributed by atoms with Crippen LogP contribution in [0.4, 0.5) is 0 Å². The Morgan fingerprint density at radius 2 is 1.25 bits per heavy atom. The van der Waals surface area contributed by atoms with Crippen molar-refractivity contribution in [3.05, 3.63) is 33.1 Å². The number of hydrogen-bond acceptors (Lipinski definition) is 6. The molecule has 2 fully saturated rings. The standard InChI is InChI=1S/C20H34N4O4/c25-17(13-21-8-3-1-4-9-21)15-23-12-7-19(27)24(20(23)28)16-18(26)14-22-10-5-2-6-11-22/h7,12,17-18,25-26H,1-6,8-11,13-16H2. The summed E-state index contributed by atoms with van der Waals surface area (Å²) in [6.07, 6.45) is 7.00. The maximum atomic E-state index is 12.7. The molecule has 0 spiro atoms. The summed E-state index contributed by atoms with van der Waals surface area (Å²) in [5.74, 6) is 0. The molecule has 8 nitrogen and oxygen atoms in total. The molecule has 2 N–H and O–H groups in total. The van der Waals surface area contributed by atoms with E-state index in [1.165, 1.54) is 29.7 Å². The van der Waals surface area contributed by atoms with Gasteiger partial charge in [0.05, 0.1) is 25.3 Å². The van der Waals surface area contributed by atoms with Crippen molar-refractivity contribution >= 4 is 0 Å². The normalized spacial score (nSPS) is 21.5. The summed E-state index contributed by atoms with van der Waals surface area (Å²) in [5.41, 5.74) is -0.882. The summed E-state index contributed by atoms with van der Waals surface area (Å²) in [7, 11) is 0. The fourth-order valence-electron chi connectivity index (χ4n) is 4.30. The molecule has 0 radical (unpaired) electrons. The minimum Gasteiger partial charge on any atom is -0.390 e. The quantitative estimate of drug-likeness (QED) is 0.629. The number of aliphatic hydroxyl groups excluding tert-OH is 2. The average Bonchev–Trinajstić information content (AvgIpc) is 2.69. The molecule has 158 valence electrons. The maximum Gasteiger partial charge on any atom is 0.331 e. The zero-order valence-corrected chi connectivity index (χ0v) is 16.7. The van der Waals surface area contributed by atoms with Gasteiger partial charge in [0.15, 0.2) is 0 Å². The van der Waals surface area contributed by atoms with Crippen molar-refractivity contribution in [2.75, 3.05) is 39.3 Å². The van der Waals surface area contributed by atoms with Crippen molar-refractivity contribution in [3.8, 4) is 0 Å². The third-order valence-corrected chi connectivity index (χ3v) is 5.78. The molecule has 2 unspecified atom stereocenters. The number of likely N-dealkylation sites (tertiary alicyclic amines) is 2. The highest BCUT2D eigenvalue weighted by Crippen LogP contribution is 2.10. The number of aliphatic hydroxyl groups is 2. The lowest BCUT2D eigenvalue weighted by molar-refractivity contribution is 0.0814. The van der Waals surface area contributed by atoms with E-state index < -0.39 is 23.5 Å². The molecule has 8 heteroatoms. The topological polar surface area (TPSA) is 90.9 Å². The van der Waals surface area contributed by atoms with Crippen LogP contribution >= 0.6 is 0 Å². The molecule has 3 heterocycles. The van der Waals surface area contributed by atoms with Crippen LogP contribution < -0.4 is 11.2 Å². The average molecular weight is 395 g/mol. The van der Waals surface area contributed by atoms with Crippen LogP contribution in [0.25, 0.3) is 0 Å². The molecule has 0 bridgehead atoms. The number of piperidine rings is 2. The fourth-order valence-corrected chi connectivity index (χ4v) is 4.30. The van der Waals surface area contributed by atoms with Gasteiger partial charge in [-0.05, 0) is 51.9 Å². The van der Waals surface area contributed by atoms with Crippen LogP contribution in [0, 0.1) is 0 Å². The number of rotatable bonds is 8. The van der Waals surface area contributed by atoms with Crippen molar-refractivity contribution in [1.29, 1.82) is 0 Å². The molecule has 0 aliphatic carbocycles. The molecule has 3 rings (SSSR count). The summed E-state index contributed by atoms with van der Waals surface area (Å²) in [6, 6.07) is 1.34. The summed E-state index contributed by atoms with van der Waals surface area (Å²) < 4.78 is 2.46. The number of β-amino-alcohol motifs (C(OH)–C–C–N with tert-alkyl or cyclic N) is 2. The Bertz CT molecular complexity index is 720. The smallest absolute Gasteiger partial charge is 0.331 e. The monoisotopic (exact) mass is 394 g/mol. The van der Waals surface area contributed by atoms with Gasteiger partial charge in [0, 0.05) is 25.4 Å². The van der Waals surface area contributed by atoms with E-state index in [4.69, 9.17) is 0 Å².